The zero-order valence-electron chi connectivity index (χ0n) is 11.9. The Labute approximate surface area is 130 Å². The van der Waals surface area contributed by atoms with Crippen LogP contribution >= 0.6 is 23.4 Å². The second-order valence-corrected chi connectivity index (χ2v) is 6.37. The van der Waals surface area contributed by atoms with Crippen LogP contribution in [0.3, 0.4) is 0 Å². The molecule has 108 valence electrons. The molecule has 0 unspecified atom stereocenters. The van der Waals surface area contributed by atoms with Gasteiger partial charge in [-0.2, -0.15) is 0 Å². The normalized spacial score (nSPS) is 11.1. The number of benzene rings is 1. The third kappa shape index (κ3) is 4.64. The zero-order valence-corrected chi connectivity index (χ0v) is 13.5. The van der Waals surface area contributed by atoms with Crippen molar-refractivity contribution in [2.24, 2.45) is 0 Å². The van der Waals surface area contributed by atoms with Gasteiger partial charge in [0.25, 0.3) is 0 Å². The Bertz CT molecular complexity index is 545. The van der Waals surface area contributed by atoms with E-state index in [1.165, 1.54) is 38.5 Å². The van der Waals surface area contributed by atoms with Crippen molar-refractivity contribution in [2.45, 2.75) is 50.5 Å². The van der Waals surface area contributed by atoms with Gasteiger partial charge < -0.3 is 0 Å². The molecule has 0 aliphatic heterocycles. The lowest BCUT2D eigenvalue weighted by Crippen LogP contribution is -1.91. The Balaban J connectivity index is 1.82. The number of aromatic nitrogens is 2. The summed E-state index contributed by atoms with van der Waals surface area (Å²) in [6.07, 6.45) is 7.88. The highest BCUT2D eigenvalue weighted by Gasteiger charge is 2.06. The number of hydrogen-bond donors (Lipinski definition) is 0. The number of thioether (sulfide) groups is 1. The molecule has 2 nitrogen and oxygen atoms in total. The molecular formula is C16H21ClN2S. The van der Waals surface area contributed by atoms with Crippen molar-refractivity contribution >= 4 is 34.4 Å². The van der Waals surface area contributed by atoms with Gasteiger partial charge in [0, 0.05) is 0 Å². The molecule has 20 heavy (non-hydrogen) atoms. The summed E-state index contributed by atoms with van der Waals surface area (Å²) in [5.74, 6) is 1.07. The van der Waals surface area contributed by atoms with E-state index < -0.39 is 0 Å². The number of fused-ring (bicyclic) bond motifs is 1. The molecule has 0 saturated carbocycles. The molecule has 0 aliphatic carbocycles. The molecule has 0 N–H and O–H groups in total. The zero-order chi connectivity index (χ0) is 14.2. The largest absolute Gasteiger partial charge is 0.237 e. The van der Waals surface area contributed by atoms with Gasteiger partial charge in [0.1, 0.15) is 5.03 Å². The Morgan fingerprint density at radius 3 is 2.35 bits per heavy atom. The van der Waals surface area contributed by atoms with Crippen molar-refractivity contribution in [2.75, 3.05) is 5.75 Å². The first-order valence-electron chi connectivity index (χ1n) is 7.36. The molecule has 4 heteroatoms. The molecule has 0 atom stereocenters. The molecule has 1 aromatic heterocycles. The van der Waals surface area contributed by atoms with Crippen LogP contribution in [0.1, 0.15) is 45.4 Å². The predicted molar refractivity (Wildman–Crippen MR) is 88.6 cm³/mol. The highest BCUT2D eigenvalue weighted by Crippen LogP contribution is 2.26. The Kier molecular flexibility index (Phi) is 6.61. The monoisotopic (exact) mass is 308 g/mol. The van der Waals surface area contributed by atoms with Crippen LogP contribution in [0.5, 0.6) is 0 Å². The van der Waals surface area contributed by atoms with E-state index in [1.807, 2.05) is 24.3 Å². The molecule has 0 bridgehead atoms. The highest BCUT2D eigenvalue weighted by molar-refractivity contribution is 7.99. The average molecular weight is 309 g/mol. The lowest BCUT2D eigenvalue weighted by molar-refractivity contribution is 0.627. The van der Waals surface area contributed by atoms with E-state index in [2.05, 4.69) is 16.9 Å². The van der Waals surface area contributed by atoms with Gasteiger partial charge in [-0.1, -0.05) is 62.8 Å². The van der Waals surface area contributed by atoms with Crippen LogP contribution in [-0.4, -0.2) is 15.7 Å². The standard InChI is InChI=1S/C16H21ClN2S/c1-2-3-4-5-6-9-12-20-16-15(17)18-13-10-7-8-11-14(13)19-16/h7-8,10-11H,2-6,9,12H2,1H3. The summed E-state index contributed by atoms with van der Waals surface area (Å²) in [4.78, 5) is 8.99. The fourth-order valence-electron chi connectivity index (χ4n) is 2.11. The molecule has 0 aliphatic rings. The summed E-state index contributed by atoms with van der Waals surface area (Å²) in [5, 5.41) is 1.39. The topological polar surface area (TPSA) is 25.8 Å². The van der Waals surface area contributed by atoms with Gasteiger partial charge in [0.05, 0.1) is 11.0 Å². The molecule has 0 fully saturated rings. The van der Waals surface area contributed by atoms with E-state index in [-0.39, 0.29) is 0 Å². The lowest BCUT2D eigenvalue weighted by Gasteiger charge is -2.05. The molecule has 0 amide bonds. The van der Waals surface area contributed by atoms with Gasteiger partial charge >= 0.3 is 0 Å². The van der Waals surface area contributed by atoms with Gasteiger partial charge in [-0.05, 0) is 24.3 Å². The summed E-state index contributed by atoms with van der Waals surface area (Å²) < 4.78 is 0. The summed E-state index contributed by atoms with van der Waals surface area (Å²) in [6, 6.07) is 7.85. The summed E-state index contributed by atoms with van der Waals surface area (Å²) in [6.45, 7) is 2.25. The van der Waals surface area contributed by atoms with Crippen molar-refractivity contribution in [3.05, 3.63) is 29.4 Å². The van der Waals surface area contributed by atoms with E-state index in [1.54, 1.807) is 11.8 Å². The average Bonchev–Trinajstić information content (AvgIpc) is 2.46. The smallest absolute Gasteiger partial charge is 0.161 e. The molecule has 0 radical (unpaired) electrons. The molecule has 2 aromatic rings. The fourth-order valence-corrected chi connectivity index (χ4v) is 3.27. The summed E-state index contributed by atoms with van der Waals surface area (Å²) in [7, 11) is 0. The molecule has 1 heterocycles. The minimum Gasteiger partial charge on any atom is -0.237 e. The van der Waals surface area contributed by atoms with Crippen molar-refractivity contribution in [1.29, 1.82) is 0 Å². The van der Waals surface area contributed by atoms with Crippen LogP contribution < -0.4 is 0 Å². The number of rotatable bonds is 8. The number of para-hydroxylation sites is 2. The van der Waals surface area contributed by atoms with Crippen molar-refractivity contribution < 1.29 is 0 Å². The first-order chi connectivity index (χ1) is 9.81. The third-order valence-electron chi connectivity index (χ3n) is 3.24. The molecule has 0 spiro atoms. The first kappa shape index (κ1) is 15.6. The van der Waals surface area contributed by atoms with E-state index in [0.29, 0.717) is 5.15 Å². The fraction of sp³-hybridized carbons (Fsp3) is 0.500. The first-order valence-corrected chi connectivity index (χ1v) is 8.72. The second-order valence-electron chi connectivity index (χ2n) is 4.92. The van der Waals surface area contributed by atoms with Gasteiger partial charge in [0.2, 0.25) is 0 Å². The quantitative estimate of drug-likeness (QED) is 0.459. The highest BCUT2D eigenvalue weighted by atomic mass is 35.5. The van der Waals surface area contributed by atoms with Crippen LogP contribution in [0.25, 0.3) is 11.0 Å². The van der Waals surface area contributed by atoms with Crippen molar-refractivity contribution in [3.63, 3.8) is 0 Å². The van der Waals surface area contributed by atoms with Crippen LogP contribution in [0, 0.1) is 0 Å². The number of hydrogen-bond acceptors (Lipinski definition) is 3. The van der Waals surface area contributed by atoms with E-state index in [4.69, 9.17) is 11.6 Å². The SMILES string of the molecule is CCCCCCCCSc1nc2ccccc2nc1Cl. The Hall–Kier alpha value is -0.800. The van der Waals surface area contributed by atoms with Crippen molar-refractivity contribution in [3.8, 4) is 0 Å². The van der Waals surface area contributed by atoms with Crippen LogP contribution in [0.15, 0.2) is 29.3 Å². The molecule has 2 rings (SSSR count). The number of nitrogens with zero attached hydrogens (tertiary/aromatic N) is 2. The maximum absolute atomic E-state index is 6.19. The third-order valence-corrected chi connectivity index (χ3v) is 4.66. The maximum atomic E-state index is 6.19. The molecule has 0 saturated heterocycles. The molecular weight excluding hydrogens is 288 g/mol. The van der Waals surface area contributed by atoms with Crippen LogP contribution in [0.2, 0.25) is 5.15 Å². The van der Waals surface area contributed by atoms with Crippen molar-refractivity contribution in [1.82, 2.24) is 9.97 Å². The number of halogens is 1. The molecule has 1 aromatic carbocycles. The van der Waals surface area contributed by atoms with Gasteiger partial charge in [-0.25, -0.2) is 9.97 Å². The van der Waals surface area contributed by atoms with Crippen LogP contribution in [-0.2, 0) is 0 Å². The van der Waals surface area contributed by atoms with E-state index in [0.717, 1.165) is 21.8 Å². The second kappa shape index (κ2) is 8.48. The van der Waals surface area contributed by atoms with E-state index in [9.17, 15) is 0 Å². The minimum atomic E-state index is 0.527. The minimum absolute atomic E-state index is 0.527. The van der Waals surface area contributed by atoms with Crippen LogP contribution in [0.4, 0.5) is 0 Å². The van der Waals surface area contributed by atoms with Gasteiger partial charge in [-0.15, -0.1) is 11.8 Å². The Morgan fingerprint density at radius 1 is 0.950 bits per heavy atom. The van der Waals surface area contributed by atoms with Gasteiger partial charge in [0.15, 0.2) is 5.15 Å². The van der Waals surface area contributed by atoms with Gasteiger partial charge in [-0.3, -0.25) is 0 Å². The lowest BCUT2D eigenvalue weighted by atomic mass is 10.1. The van der Waals surface area contributed by atoms with E-state index >= 15 is 0 Å². The Morgan fingerprint density at radius 2 is 1.60 bits per heavy atom. The summed E-state index contributed by atoms with van der Waals surface area (Å²) >= 11 is 7.91. The number of unbranched alkanes of at least 4 members (excludes halogenated alkanes) is 5. The maximum Gasteiger partial charge on any atom is 0.161 e. The predicted octanol–water partition coefficient (Wildman–Crippen LogP) is 5.74. The summed E-state index contributed by atoms with van der Waals surface area (Å²) in [5.41, 5.74) is 1.78.